The molecule has 1 aromatic rings. The van der Waals surface area contributed by atoms with E-state index in [-0.39, 0.29) is 12.1 Å². The maximum absolute atomic E-state index is 13.2. The van der Waals surface area contributed by atoms with Gasteiger partial charge in [0.05, 0.1) is 0 Å². The summed E-state index contributed by atoms with van der Waals surface area (Å²) in [6.45, 7) is 0.0684. The quantitative estimate of drug-likeness (QED) is 0.786. The summed E-state index contributed by atoms with van der Waals surface area (Å²) in [4.78, 5) is 0. The molecule has 0 heterocycles. The third-order valence-corrected chi connectivity index (χ3v) is 2.40. The molecule has 0 spiro atoms. The van der Waals surface area contributed by atoms with E-state index in [2.05, 4.69) is 15.9 Å². The van der Waals surface area contributed by atoms with Crippen LogP contribution in [0, 0.1) is 11.6 Å². The van der Waals surface area contributed by atoms with Gasteiger partial charge in [-0.3, -0.25) is 0 Å². The van der Waals surface area contributed by atoms with Crippen molar-refractivity contribution in [1.29, 1.82) is 0 Å². The molecule has 1 unspecified atom stereocenters. The van der Waals surface area contributed by atoms with Gasteiger partial charge in [0.15, 0.2) is 11.6 Å². The normalized spacial score (nSPS) is 13.0. The molecular weight excluding hydrogens is 242 g/mol. The van der Waals surface area contributed by atoms with Gasteiger partial charge in [0.1, 0.15) is 0 Å². The number of hydrogen-bond donors (Lipinski definition) is 2. The molecule has 0 aliphatic carbocycles. The molecule has 0 bridgehead atoms. The molecule has 1 aromatic carbocycles. The van der Waals surface area contributed by atoms with Crippen molar-refractivity contribution in [2.75, 3.05) is 6.54 Å². The number of benzene rings is 1. The Kier molecular flexibility index (Phi) is 3.35. The van der Waals surface area contributed by atoms with E-state index in [9.17, 15) is 8.78 Å². The number of nitrogens with two attached hydrogens (primary N) is 2. The first-order valence-electron chi connectivity index (χ1n) is 3.67. The van der Waals surface area contributed by atoms with Crippen LogP contribution in [0.5, 0.6) is 0 Å². The van der Waals surface area contributed by atoms with E-state index in [1.807, 2.05) is 0 Å². The molecule has 0 aliphatic heterocycles. The molecule has 0 amide bonds. The van der Waals surface area contributed by atoms with Gasteiger partial charge in [0, 0.05) is 22.6 Å². The van der Waals surface area contributed by atoms with Crippen molar-refractivity contribution >= 4 is 15.9 Å². The van der Waals surface area contributed by atoms with E-state index >= 15 is 0 Å². The third kappa shape index (κ3) is 2.04. The minimum absolute atomic E-state index is 0.0684. The molecule has 0 radical (unpaired) electrons. The first-order valence-corrected chi connectivity index (χ1v) is 4.46. The van der Waals surface area contributed by atoms with Crippen LogP contribution in [-0.2, 0) is 0 Å². The SMILES string of the molecule is NCC(N)c1c(Br)ccc(F)c1F. The Morgan fingerprint density at radius 2 is 2.00 bits per heavy atom. The van der Waals surface area contributed by atoms with Crippen LogP contribution in [0.4, 0.5) is 8.78 Å². The van der Waals surface area contributed by atoms with Crippen LogP contribution in [0.1, 0.15) is 11.6 Å². The van der Waals surface area contributed by atoms with Crippen LogP contribution in [-0.4, -0.2) is 6.54 Å². The van der Waals surface area contributed by atoms with Crippen LogP contribution >= 0.6 is 15.9 Å². The van der Waals surface area contributed by atoms with Crippen molar-refractivity contribution < 1.29 is 8.78 Å². The van der Waals surface area contributed by atoms with Gasteiger partial charge in [-0.2, -0.15) is 0 Å². The summed E-state index contributed by atoms with van der Waals surface area (Å²) in [5.74, 6) is -1.85. The average molecular weight is 251 g/mol. The molecule has 5 heteroatoms. The zero-order valence-corrected chi connectivity index (χ0v) is 8.31. The van der Waals surface area contributed by atoms with Crippen LogP contribution in [0.15, 0.2) is 16.6 Å². The second kappa shape index (κ2) is 4.13. The predicted octanol–water partition coefficient (Wildman–Crippen LogP) is 1.69. The summed E-state index contributed by atoms with van der Waals surface area (Å²) in [6, 6.07) is 1.75. The summed E-state index contributed by atoms with van der Waals surface area (Å²) in [7, 11) is 0. The largest absolute Gasteiger partial charge is 0.329 e. The molecule has 0 saturated carbocycles. The highest BCUT2D eigenvalue weighted by Gasteiger charge is 2.16. The molecule has 72 valence electrons. The standard InChI is InChI=1S/C8H9BrF2N2/c9-4-1-2-5(10)8(11)7(4)6(13)3-12/h1-2,6H,3,12-13H2. The molecular formula is C8H9BrF2N2. The maximum atomic E-state index is 13.2. The lowest BCUT2D eigenvalue weighted by atomic mass is 10.1. The minimum atomic E-state index is -0.938. The van der Waals surface area contributed by atoms with Crippen LogP contribution in [0.2, 0.25) is 0 Å². The zero-order chi connectivity index (χ0) is 10.0. The predicted molar refractivity (Wildman–Crippen MR) is 50.0 cm³/mol. The van der Waals surface area contributed by atoms with Gasteiger partial charge in [-0.05, 0) is 12.1 Å². The Balaban J connectivity index is 3.25. The van der Waals surface area contributed by atoms with Gasteiger partial charge in [0.2, 0.25) is 0 Å². The van der Waals surface area contributed by atoms with E-state index in [0.29, 0.717) is 4.47 Å². The lowest BCUT2D eigenvalue weighted by molar-refractivity contribution is 0.488. The lowest BCUT2D eigenvalue weighted by Crippen LogP contribution is -2.22. The average Bonchev–Trinajstić information content (AvgIpc) is 2.12. The van der Waals surface area contributed by atoms with E-state index in [4.69, 9.17) is 11.5 Å². The van der Waals surface area contributed by atoms with E-state index < -0.39 is 17.7 Å². The fourth-order valence-electron chi connectivity index (χ4n) is 1.00. The van der Waals surface area contributed by atoms with E-state index in [0.717, 1.165) is 6.07 Å². The lowest BCUT2D eigenvalue weighted by Gasteiger charge is -2.12. The van der Waals surface area contributed by atoms with Crippen molar-refractivity contribution in [3.63, 3.8) is 0 Å². The van der Waals surface area contributed by atoms with Gasteiger partial charge in [-0.15, -0.1) is 0 Å². The molecule has 13 heavy (non-hydrogen) atoms. The number of halogens is 3. The fraction of sp³-hybridized carbons (Fsp3) is 0.250. The second-order valence-electron chi connectivity index (χ2n) is 2.60. The smallest absolute Gasteiger partial charge is 0.164 e. The van der Waals surface area contributed by atoms with Gasteiger partial charge in [-0.1, -0.05) is 15.9 Å². The Hall–Kier alpha value is -0.520. The first kappa shape index (κ1) is 10.6. The highest BCUT2D eigenvalue weighted by molar-refractivity contribution is 9.10. The van der Waals surface area contributed by atoms with Gasteiger partial charge in [-0.25, -0.2) is 8.78 Å². The molecule has 1 rings (SSSR count). The van der Waals surface area contributed by atoms with Gasteiger partial charge in [0.25, 0.3) is 0 Å². The molecule has 0 fully saturated rings. The summed E-state index contributed by atoms with van der Waals surface area (Å²) >= 11 is 3.08. The van der Waals surface area contributed by atoms with E-state index in [1.165, 1.54) is 6.07 Å². The Bertz CT molecular complexity index is 317. The van der Waals surface area contributed by atoms with Crippen molar-refractivity contribution in [2.45, 2.75) is 6.04 Å². The van der Waals surface area contributed by atoms with Crippen molar-refractivity contribution in [3.8, 4) is 0 Å². The van der Waals surface area contributed by atoms with Gasteiger partial charge >= 0.3 is 0 Å². The molecule has 4 N–H and O–H groups in total. The van der Waals surface area contributed by atoms with Gasteiger partial charge < -0.3 is 11.5 Å². The molecule has 0 aromatic heterocycles. The van der Waals surface area contributed by atoms with Crippen molar-refractivity contribution in [3.05, 3.63) is 33.8 Å². The van der Waals surface area contributed by atoms with Crippen LogP contribution < -0.4 is 11.5 Å². The minimum Gasteiger partial charge on any atom is -0.329 e. The zero-order valence-electron chi connectivity index (χ0n) is 6.73. The molecule has 0 saturated heterocycles. The second-order valence-corrected chi connectivity index (χ2v) is 3.45. The van der Waals surface area contributed by atoms with Crippen LogP contribution in [0.3, 0.4) is 0 Å². The Labute approximate surface area is 83.0 Å². The molecule has 1 atom stereocenters. The Morgan fingerprint density at radius 3 is 2.54 bits per heavy atom. The monoisotopic (exact) mass is 250 g/mol. The number of rotatable bonds is 2. The summed E-state index contributed by atoms with van der Waals surface area (Å²) in [5.41, 5.74) is 10.8. The summed E-state index contributed by atoms with van der Waals surface area (Å²) in [6.07, 6.45) is 0. The third-order valence-electron chi connectivity index (χ3n) is 1.70. The first-order chi connectivity index (χ1) is 6.07. The highest BCUT2D eigenvalue weighted by Crippen LogP contribution is 2.26. The highest BCUT2D eigenvalue weighted by atomic mass is 79.9. The topological polar surface area (TPSA) is 52.0 Å². The van der Waals surface area contributed by atoms with E-state index in [1.54, 1.807) is 0 Å². The molecule has 2 nitrogen and oxygen atoms in total. The summed E-state index contributed by atoms with van der Waals surface area (Å²) in [5, 5.41) is 0. The number of hydrogen-bond acceptors (Lipinski definition) is 2. The van der Waals surface area contributed by atoms with Crippen molar-refractivity contribution in [1.82, 2.24) is 0 Å². The van der Waals surface area contributed by atoms with Crippen molar-refractivity contribution in [2.24, 2.45) is 11.5 Å². The maximum Gasteiger partial charge on any atom is 0.164 e. The summed E-state index contributed by atoms with van der Waals surface area (Å²) < 4.78 is 26.4. The Morgan fingerprint density at radius 1 is 1.38 bits per heavy atom. The fourth-order valence-corrected chi connectivity index (χ4v) is 1.60. The van der Waals surface area contributed by atoms with Crippen LogP contribution in [0.25, 0.3) is 0 Å². The molecule has 0 aliphatic rings.